The highest BCUT2D eigenvalue weighted by Gasteiger charge is 2.53. The van der Waals surface area contributed by atoms with Crippen LogP contribution in [-0.2, 0) is 12.8 Å². The molecule has 3 rings (SSSR count). The van der Waals surface area contributed by atoms with Crippen molar-refractivity contribution in [1.82, 2.24) is 0 Å². The van der Waals surface area contributed by atoms with Gasteiger partial charge in [-0.1, -0.05) is 122 Å². The first-order valence-electron chi connectivity index (χ1n) is 16.8. The number of aryl methyl sites for hydroxylation is 2. The highest BCUT2D eigenvalue weighted by atomic mass is 31.2. The van der Waals surface area contributed by atoms with Crippen molar-refractivity contribution in [3.8, 4) is 11.5 Å². The lowest BCUT2D eigenvalue weighted by Gasteiger charge is -2.28. The third-order valence-electron chi connectivity index (χ3n) is 8.49. The van der Waals surface area contributed by atoms with Crippen LogP contribution < -0.4 is 9.05 Å². The summed E-state index contributed by atoms with van der Waals surface area (Å²) in [5, 5.41) is 0. The van der Waals surface area contributed by atoms with Crippen molar-refractivity contribution < 1.29 is 13.9 Å². The van der Waals surface area contributed by atoms with Crippen molar-refractivity contribution in [3.05, 3.63) is 59.7 Å². The fraction of sp³-hybridized carbons (Fsp3) is 0.667. The molecule has 0 radical (unpaired) electrons. The smallest absolute Gasteiger partial charge is 0.278 e. The van der Waals surface area contributed by atoms with E-state index in [1.165, 1.54) is 107 Å². The van der Waals surface area contributed by atoms with Gasteiger partial charge in [0.15, 0.2) is 17.2 Å². The molecule has 1 fully saturated rings. The summed E-state index contributed by atoms with van der Waals surface area (Å²) in [7, 11) is -3.10. The summed E-state index contributed by atoms with van der Waals surface area (Å²) in [5.41, 5.74) is 2.76. The highest BCUT2D eigenvalue weighted by Crippen LogP contribution is 2.63. The van der Waals surface area contributed by atoms with E-state index < -0.39 is 7.94 Å². The van der Waals surface area contributed by atoms with Crippen LogP contribution in [0.25, 0.3) is 0 Å². The summed E-state index contributed by atoms with van der Waals surface area (Å²) in [5.74, 6) is 1.44. The van der Waals surface area contributed by atoms with Gasteiger partial charge in [0, 0.05) is 0 Å². The quantitative estimate of drug-likeness (QED) is 0.120. The summed E-state index contributed by atoms with van der Waals surface area (Å²) in [6.07, 6.45) is 26.3. The fourth-order valence-electron chi connectivity index (χ4n) is 5.88. The molecule has 0 spiro atoms. The Morgan fingerprint density at radius 1 is 0.550 bits per heavy atom. The Balaban J connectivity index is 1.51. The Morgan fingerprint density at radius 3 is 1.32 bits per heavy atom. The minimum atomic E-state index is -3.10. The SMILES string of the molecule is CCCCCCCCCc1ccc(O[P+](O)(Oc2ccc(CCCCCCCCC)cc2)C2CCCCC2)cc1. The lowest BCUT2D eigenvalue weighted by molar-refractivity contribution is 0.312. The molecule has 0 bridgehead atoms. The molecule has 0 amide bonds. The zero-order valence-electron chi connectivity index (χ0n) is 25.8. The summed E-state index contributed by atoms with van der Waals surface area (Å²) in [4.78, 5) is 11.9. The normalized spacial score (nSPS) is 14.4. The van der Waals surface area contributed by atoms with Gasteiger partial charge in [0.1, 0.15) is 0 Å². The van der Waals surface area contributed by atoms with E-state index in [0.717, 1.165) is 50.0 Å². The van der Waals surface area contributed by atoms with Gasteiger partial charge in [0.2, 0.25) is 0 Å². The topological polar surface area (TPSA) is 38.7 Å². The Hall–Kier alpha value is -1.57. The molecule has 0 saturated heterocycles. The van der Waals surface area contributed by atoms with E-state index in [0.29, 0.717) is 0 Å². The van der Waals surface area contributed by atoms with Crippen LogP contribution in [0.4, 0.5) is 0 Å². The molecule has 0 heterocycles. The molecule has 0 atom stereocenters. The van der Waals surface area contributed by atoms with E-state index in [2.05, 4.69) is 38.1 Å². The Bertz CT molecular complexity index is 826. The van der Waals surface area contributed by atoms with Gasteiger partial charge in [0.05, 0.1) is 0 Å². The second-order valence-corrected chi connectivity index (χ2v) is 14.3. The fourth-order valence-corrected chi connectivity index (χ4v) is 8.08. The van der Waals surface area contributed by atoms with E-state index in [1.54, 1.807) is 0 Å². The molecule has 0 aromatic heterocycles. The van der Waals surface area contributed by atoms with Crippen molar-refractivity contribution in [2.75, 3.05) is 0 Å². The minimum absolute atomic E-state index is 0.0704. The van der Waals surface area contributed by atoms with E-state index in [4.69, 9.17) is 9.05 Å². The van der Waals surface area contributed by atoms with Crippen LogP contribution in [0.2, 0.25) is 0 Å². The van der Waals surface area contributed by atoms with Gasteiger partial charge in [-0.15, -0.1) is 0 Å². The molecule has 3 nitrogen and oxygen atoms in total. The molecule has 1 N–H and O–H groups in total. The Labute approximate surface area is 247 Å². The van der Waals surface area contributed by atoms with E-state index >= 15 is 0 Å². The van der Waals surface area contributed by atoms with Gasteiger partial charge < -0.3 is 0 Å². The summed E-state index contributed by atoms with van der Waals surface area (Å²) in [6, 6.07) is 16.8. The first-order valence-corrected chi connectivity index (χ1v) is 18.5. The lowest BCUT2D eigenvalue weighted by Crippen LogP contribution is -2.24. The summed E-state index contributed by atoms with van der Waals surface area (Å²) >= 11 is 0. The maximum Gasteiger partial charge on any atom is 0.498 e. The highest BCUT2D eigenvalue weighted by molar-refractivity contribution is 7.62. The Morgan fingerprint density at radius 2 is 0.925 bits per heavy atom. The van der Waals surface area contributed by atoms with Gasteiger partial charge in [-0.2, -0.15) is 4.89 Å². The molecular formula is C36H58O3P+. The van der Waals surface area contributed by atoms with Gasteiger partial charge in [0.25, 0.3) is 0 Å². The Kier molecular flexibility index (Phi) is 16.1. The van der Waals surface area contributed by atoms with Crippen LogP contribution in [0, 0.1) is 0 Å². The van der Waals surface area contributed by atoms with Crippen molar-refractivity contribution in [3.63, 3.8) is 0 Å². The number of unbranched alkanes of at least 4 members (excludes halogenated alkanes) is 12. The molecule has 2 aromatic carbocycles. The van der Waals surface area contributed by atoms with E-state index in [1.807, 2.05) is 24.3 Å². The number of hydrogen-bond acceptors (Lipinski definition) is 3. The maximum absolute atomic E-state index is 11.9. The molecule has 4 heteroatoms. The number of rotatable bonds is 21. The molecule has 40 heavy (non-hydrogen) atoms. The lowest BCUT2D eigenvalue weighted by atomic mass is 10.0. The van der Waals surface area contributed by atoms with Crippen LogP contribution >= 0.6 is 7.94 Å². The minimum Gasteiger partial charge on any atom is -0.278 e. The molecule has 0 aliphatic heterocycles. The zero-order chi connectivity index (χ0) is 28.3. The van der Waals surface area contributed by atoms with Crippen molar-refractivity contribution in [2.24, 2.45) is 0 Å². The third kappa shape index (κ3) is 12.5. The molecular weight excluding hydrogens is 511 g/mol. The van der Waals surface area contributed by atoms with Gasteiger partial charge >= 0.3 is 7.94 Å². The van der Waals surface area contributed by atoms with Crippen LogP contribution in [0.15, 0.2) is 48.5 Å². The van der Waals surface area contributed by atoms with Crippen LogP contribution in [0.3, 0.4) is 0 Å². The monoisotopic (exact) mass is 569 g/mol. The largest absolute Gasteiger partial charge is 0.498 e. The molecule has 224 valence electrons. The second-order valence-electron chi connectivity index (χ2n) is 12.1. The van der Waals surface area contributed by atoms with E-state index in [-0.39, 0.29) is 5.66 Å². The first kappa shape index (κ1) is 32.9. The predicted octanol–water partition coefficient (Wildman–Crippen LogP) is 11.8. The number of benzene rings is 2. The summed E-state index contributed by atoms with van der Waals surface area (Å²) < 4.78 is 12.8. The molecule has 0 unspecified atom stereocenters. The molecule has 1 aliphatic carbocycles. The zero-order valence-corrected chi connectivity index (χ0v) is 26.7. The van der Waals surface area contributed by atoms with Crippen molar-refractivity contribution >= 4 is 7.94 Å². The molecule has 2 aromatic rings. The van der Waals surface area contributed by atoms with Gasteiger partial charge in [-0.05, 0) is 86.8 Å². The number of hydrogen-bond donors (Lipinski definition) is 1. The van der Waals surface area contributed by atoms with Gasteiger partial charge in [-0.3, -0.25) is 9.05 Å². The van der Waals surface area contributed by atoms with Crippen molar-refractivity contribution in [2.45, 2.75) is 154 Å². The first-order chi connectivity index (χ1) is 19.6. The summed E-state index contributed by atoms with van der Waals surface area (Å²) in [6.45, 7) is 4.54. The predicted molar refractivity (Wildman–Crippen MR) is 174 cm³/mol. The second kappa shape index (κ2) is 19.5. The van der Waals surface area contributed by atoms with Gasteiger partial charge in [-0.25, -0.2) is 0 Å². The van der Waals surface area contributed by atoms with Crippen LogP contribution in [0.5, 0.6) is 11.5 Å². The van der Waals surface area contributed by atoms with Crippen LogP contribution in [0.1, 0.15) is 147 Å². The maximum atomic E-state index is 11.9. The van der Waals surface area contributed by atoms with Crippen molar-refractivity contribution in [1.29, 1.82) is 0 Å². The average molecular weight is 570 g/mol. The standard InChI is InChI=1S/C36H58O3P/c1-3-5-7-9-11-13-16-20-32-24-28-34(29-25-32)38-40(37,36-22-18-15-19-23-36)39-35-30-26-33(27-31-35)21-17-14-12-10-8-6-4-2/h24-31,36-37H,3-23H2,1-2H3/q+1. The van der Waals surface area contributed by atoms with E-state index in [9.17, 15) is 4.89 Å². The molecule has 1 aliphatic rings. The average Bonchev–Trinajstić information content (AvgIpc) is 2.98. The van der Waals surface area contributed by atoms with Crippen LogP contribution in [-0.4, -0.2) is 10.6 Å². The third-order valence-corrected chi connectivity index (χ3v) is 10.9. The molecule has 1 saturated carbocycles.